The van der Waals surface area contributed by atoms with E-state index in [1.807, 2.05) is 12.1 Å². The summed E-state index contributed by atoms with van der Waals surface area (Å²) in [7, 11) is 0. The summed E-state index contributed by atoms with van der Waals surface area (Å²) in [5, 5.41) is 9.61. The van der Waals surface area contributed by atoms with E-state index in [0.29, 0.717) is 0 Å². The molecule has 53 heavy (non-hydrogen) atoms. The Morgan fingerprint density at radius 3 is 1.91 bits per heavy atom. The van der Waals surface area contributed by atoms with Gasteiger partial charge in [-0.25, -0.2) is 0 Å². The van der Waals surface area contributed by atoms with Crippen LogP contribution in [0.5, 0.6) is 0 Å². The molecule has 11 aromatic rings. The summed E-state index contributed by atoms with van der Waals surface area (Å²) in [5.74, 6) is 0. The zero-order chi connectivity index (χ0) is 34.9. The van der Waals surface area contributed by atoms with Gasteiger partial charge in [0.1, 0.15) is 11.2 Å². The van der Waals surface area contributed by atoms with Crippen molar-refractivity contribution < 1.29 is 4.42 Å². The van der Waals surface area contributed by atoms with Gasteiger partial charge in [0.05, 0.1) is 16.7 Å². The highest BCUT2D eigenvalue weighted by atomic mass is 16.3. The third kappa shape index (κ3) is 4.75. The number of nitrogens with zero attached hydrogens (tertiary/aromatic N) is 2. The Hall–Kier alpha value is -7.10. The molecule has 248 valence electrons. The Bertz CT molecular complexity index is 3180. The van der Waals surface area contributed by atoms with Crippen molar-refractivity contribution in [3.8, 4) is 16.8 Å². The van der Waals surface area contributed by atoms with Crippen LogP contribution in [0.1, 0.15) is 0 Å². The van der Waals surface area contributed by atoms with Gasteiger partial charge in [-0.2, -0.15) is 0 Å². The summed E-state index contributed by atoms with van der Waals surface area (Å²) in [6.45, 7) is 0. The fourth-order valence-electron chi connectivity index (χ4n) is 8.23. The summed E-state index contributed by atoms with van der Waals surface area (Å²) in [5.41, 5.74) is 11.0. The average Bonchev–Trinajstić information content (AvgIpc) is 3.76. The quantitative estimate of drug-likeness (QED) is 0.181. The SMILES string of the molecule is c1ccc2cc(-n3c4ccccc4c4cc(-c5ccc(N(c6ccc7oc8ccccc8c7c6)c6cccc7ccccc67)cc5)ccc43)ccc2c1. The van der Waals surface area contributed by atoms with E-state index in [-0.39, 0.29) is 0 Å². The lowest BCUT2D eigenvalue weighted by molar-refractivity contribution is 0.669. The van der Waals surface area contributed by atoms with Crippen molar-refractivity contribution in [3.05, 3.63) is 194 Å². The van der Waals surface area contributed by atoms with Crippen molar-refractivity contribution in [1.29, 1.82) is 0 Å². The standard InChI is InChI=1S/C50H32N2O/c1-2-12-36-30-39(26-22-33(36)10-1)52-47-17-7-5-15-42(47)44-31-37(23-28-48(44)52)34-20-24-38(25-21-34)51(46-18-9-13-35-11-3-4-14-41(35)46)40-27-29-50-45(32-40)43-16-6-8-19-49(43)53-50/h1-32H. The number of aromatic nitrogens is 1. The number of anilines is 3. The van der Waals surface area contributed by atoms with Crippen LogP contribution in [0.3, 0.4) is 0 Å². The smallest absolute Gasteiger partial charge is 0.135 e. The molecule has 2 heterocycles. The maximum absolute atomic E-state index is 6.21. The van der Waals surface area contributed by atoms with E-state index in [0.717, 1.165) is 39.0 Å². The molecule has 0 atom stereocenters. The molecule has 0 aliphatic carbocycles. The fourth-order valence-corrected chi connectivity index (χ4v) is 8.23. The van der Waals surface area contributed by atoms with Gasteiger partial charge in [-0.05, 0) is 100 Å². The maximum Gasteiger partial charge on any atom is 0.135 e. The fraction of sp³-hybridized carbons (Fsp3) is 0. The molecule has 0 amide bonds. The van der Waals surface area contributed by atoms with E-state index < -0.39 is 0 Å². The largest absolute Gasteiger partial charge is 0.456 e. The van der Waals surface area contributed by atoms with Crippen molar-refractivity contribution in [2.24, 2.45) is 0 Å². The number of para-hydroxylation sites is 2. The first-order valence-electron chi connectivity index (χ1n) is 18.1. The predicted octanol–water partition coefficient (Wildman–Crippen LogP) is 14.1. The summed E-state index contributed by atoms with van der Waals surface area (Å²) in [4.78, 5) is 2.37. The van der Waals surface area contributed by atoms with Gasteiger partial charge in [0.15, 0.2) is 0 Å². The number of rotatable bonds is 5. The van der Waals surface area contributed by atoms with E-state index in [9.17, 15) is 0 Å². The molecule has 0 aliphatic heterocycles. The number of hydrogen-bond acceptors (Lipinski definition) is 2. The van der Waals surface area contributed by atoms with Crippen molar-refractivity contribution in [2.75, 3.05) is 4.90 Å². The zero-order valence-electron chi connectivity index (χ0n) is 28.8. The van der Waals surface area contributed by atoms with Crippen LogP contribution in [-0.4, -0.2) is 4.57 Å². The van der Waals surface area contributed by atoms with Gasteiger partial charge in [0.2, 0.25) is 0 Å². The lowest BCUT2D eigenvalue weighted by Gasteiger charge is -2.27. The van der Waals surface area contributed by atoms with Crippen LogP contribution in [0.15, 0.2) is 199 Å². The number of hydrogen-bond donors (Lipinski definition) is 0. The molecule has 3 heteroatoms. The third-order valence-corrected chi connectivity index (χ3v) is 10.7. The van der Waals surface area contributed by atoms with E-state index in [1.54, 1.807) is 0 Å². The zero-order valence-corrected chi connectivity index (χ0v) is 28.8. The van der Waals surface area contributed by atoms with Crippen LogP contribution in [0.2, 0.25) is 0 Å². The highest BCUT2D eigenvalue weighted by Crippen LogP contribution is 2.42. The first kappa shape index (κ1) is 29.6. The molecule has 0 fully saturated rings. The molecule has 0 spiro atoms. The minimum Gasteiger partial charge on any atom is -0.456 e. The minimum atomic E-state index is 0.889. The van der Waals surface area contributed by atoms with Gasteiger partial charge in [-0.3, -0.25) is 0 Å². The van der Waals surface area contributed by atoms with E-state index >= 15 is 0 Å². The first-order valence-corrected chi connectivity index (χ1v) is 18.1. The molecule has 0 aliphatic rings. The molecule has 0 saturated carbocycles. The maximum atomic E-state index is 6.21. The van der Waals surface area contributed by atoms with E-state index in [4.69, 9.17) is 4.42 Å². The van der Waals surface area contributed by atoms with Gasteiger partial charge in [-0.1, -0.05) is 121 Å². The molecule has 0 N–H and O–H groups in total. The lowest BCUT2D eigenvalue weighted by Crippen LogP contribution is -2.10. The predicted molar refractivity (Wildman–Crippen MR) is 223 cm³/mol. The molecule has 2 aromatic heterocycles. The number of fused-ring (bicyclic) bond motifs is 8. The summed E-state index contributed by atoms with van der Waals surface area (Å²) in [6, 6.07) is 69.9. The molecular formula is C50H32N2O. The third-order valence-electron chi connectivity index (χ3n) is 10.7. The Labute approximate surface area is 306 Å². The molecule has 0 unspecified atom stereocenters. The van der Waals surface area contributed by atoms with Crippen molar-refractivity contribution >= 4 is 82.4 Å². The molecule has 3 nitrogen and oxygen atoms in total. The second-order valence-corrected chi connectivity index (χ2v) is 13.8. The van der Waals surface area contributed by atoms with Crippen LogP contribution in [0.4, 0.5) is 17.1 Å². The highest BCUT2D eigenvalue weighted by Gasteiger charge is 2.18. The molecule has 0 radical (unpaired) electrons. The molecule has 0 saturated heterocycles. The summed E-state index contributed by atoms with van der Waals surface area (Å²) in [6.07, 6.45) is 0. The van der Waals surface area contributed by atoms with Crippen molar-refractivity contribution in [2.45, 2.75) is 0 Å². The average molecular weight is 677 g/mol. The summed E-state index contributed by atoms with van der Waals surface area (Å²) < 4.78 is 8.61. The Morgan fingerprint density at radius 1 is 0.358 bits per heavy atom. The monoisotopic (exact) mass is 676 g/mol. The van der Waals surface area contributed by atoms with Crippen LogP contribution in [0, 0.1) is 0 Å². The number of benzene rings is 9. The first-order chi connectivity index (χ1) is 26.3. The van der Waals surface area contributed by atoms with Crippen LogP contribution < -0.4 is 4.90 Å². The van der Waals surface area contributed by atoms with Crippen molar-refractivity contribution in [3.63, 3.8) is 0 Å². The lowest BCUT2D eigenvalue weighted by atomic mass is 10.0. The van der Waals surface area contributed by atoms with E-state index in [1.165, 1.54) is 60.2 Å². The molecule has 11 rings (SSSR count). The number of furan rings is 1. The second kappa shape index (κ2) is 11.7. The van der Waals surface area contributed by atoms with Gasteiger partial charge in [0.25, 0.3) is 0 Å². The molecule has 0 bridgehead atoms. The van der Waals surface area contributed by atoms with Crippen molar-refractivity contribution in [1.82, 2.24) is 4.57 Å². The van der Waals surface area contributed by atoms with Gasteiger partial charge < -0.3 is 13.9 Å². The molecule has 9 aromatic carbocycles. The van der Waals surface area contributed by atoms with Crippen LogP contribution in [-0.2, 0) is 0 Å². The Kier molecular flexibility index (Phi) is 6.55. The van der Waals surface area contributed by atoms with E-state index in [2.05, 4.69) is 191 Å². The normalized spacial score (nSPS) is 11.8. The van der Waals surface area contributed by atoms with Crippen LogP contribution in [0.25, 0.3) is 82.1 Å². The second-order valence-electron chi connectivity index (χ2n) is 13.8. The highest BCUT2D eigenvalue weighted by molar-refractivity contribution is 6.11. The van der Waals surface area contributed by atoms with Gasteiger partial charge in [-0.15, -0.1) is 0 Å². The topological polar surface area (TPSA) is 21.3 Å². The van der Waals surface area contributed by atoms with Gasteiger partial charge in [0, 0.05) is 44.0 Å². The Balaban J connectivity index is 1.04. The minimum absolute atomic E-state index is 0.889. The van der Waals surface area contributed by atoms with Crippen LogP contribution >= 0.6 is 0 Å². The Morgan fingerprint density at radius 2 is 1.02 bits per heavy atom. The molecular weight excluding hydrogens is 645 g/mol. The van der Waals surface area contributed by atoms with Gasteiger partial charge >= 0.3 is 0 Å². The summed E-state index contributed by atoms with van der Waals surface area (Å²) >= 11 is 0.